The van der Waals surface area contributed by atoms with Crippen LogP contribution >= 0.6 is 0 Å². The third kappa shape index (κ3) is 4.25. The van der Waals surface area contributed by atoms with Crippen LogP contribution in [0.4, 0.5) is 5.82 Å². The van der Waals surface area contributed by atoms with Crippen LogP contribution in [0.25, 0.3) is 88.5 Å². The molecule has 0 bridgehead atoms. The van der Waals surface area contributed by atoms with Crippen molar-refractivity contribution in [3.63, 3.8) is 0 Å². The van der Waals surface area contributed by atoms with E-state index in [1.165, 1.54) is 27.2 Å². The van der Waals surface area contributed by atoms with Gasteiger partial charge in [-0.1, -0.05) is 78.9 Å². The molecule has 0 spiro atoms. The van der Waals surface area contributed by atoms with Crippen LogP contribution < -0.4 is 0 Å². The first-order chi connectivity index (χ1) is 25.3. The lowest BCUT2D eigenvalue weighted by Crippen LogP contribution is -1.97. The number of fused-ring (bicyclic) bond motifs is 9. The van der Waals surface area contributed by atoms with E-state index < -0.39 is 0 Å². The molecule has 5 aromatic heterocycles. The molecule has 6 heterocycles. The van der Waals surface area contributed by atoms with Gasteiger partial charge < -0.3 is 8.98 Å². The maximum absolute atomic E-state index is 6.17. The summed E-state index contributed by atoms with van der Waals surface area (Å²) in [4.78, 5) is 9.57. The highest BCUT2D eigenvalue weighted by molar-refractivity contribution is 6.11. The van der Waals surface area contributed by atoms with E-state index in [4.69, 9.17) is 14.4 Å². The molecule has 11 rings (SSSR count). The molecular weight excluding hydrogens is 629 g/mol. The van der Waals surface area contributed by atoms with Crippen molar-refractivity contribution in [3.8, 4) is 33.6 Å². The molecule has 1 aliphatic rings. The monoisotopic (exact) mass is 656 g/mol. The summed E-state index contributed by atoms with van der Waals surface area (Å²) in [6, 6.07) is 47.2. The lowest BCUT2D eigenvalue weighted by molar-refractivity contribution is 0.640. The Morgan fingerprint density at radius 2 is 1.04 bits per heavy atom. The number of benzene rings is 5. The average Bonchev–Trinajstić information content (AvgIpc) is 3.85. The number of rotatable bonds is 4. The molecule has 0 unspecified atom stereocenters. The molecule has 0 aliphatic carbocycles. The van der Waals surface area contributed by atoms with E-state index in [0.717, 1.165) is 67.7 Å². The predicted octanol–water partition coefficient (Wildman–Crippen LogP) is 11.4. The maximum Gasteiger partial charge on any atom is 0.229 e. The molecule has 1 aliphatic heterocycles. The molecule has 0 atom stereocenters. The summed E-state index contributed by atoms with van der Waals surface area (Å²) in [5, 5.41) is 14.5. The molecule has 0 fully saturated rings. The third-order valence-electron chi connectivity index (χ3n) is 10.2. The Balaban J connectivity index is 1.06. The molecule has 7 heteroatoms. The van der Waals surface area contributed by atoms with Gasteiger partial charge in [-0.2, -0.15) is 5.11 Å². The van der Waals surface area contributed by atoms with Crippen LogP contribution in [0.1, 0.15) is 5.56 Å². The van der Waals surface area contributed by atoms with E-state index in [-0.39, 0.29) is 0 Å². The van der Waals surface area contributed by atoms with E-state index in [0.29, 0.717) is 18.0 Å². The first kappa shape index (κ1) is 28.0. The minimum Gasteiger partial charge on any atom is -0.419 e. The van der Waals surface area contributed by atoms with Crippen molar-refractivity contribution >= 4 is 60.7 Å². The first-order valence-corrected chi connectivity index (χ1v) is 17.2. The van der Waals surface area contributed by atoms with Crippen molar-refractivity contribution in [2.75, 3.05) is 6.54 Å². The number of hydrogen-bond acceptors (Lipinski definition) is 5. The number of pyridine rings is 2. The summed E-state index contributed by atoms with van der Waals surface area (Å²) in [6.07, 6.45) is 4.66. The molecule has 10 aromatic rings. The highest BCUT2D eigenvalue weighted by Crippen LogP contribution is 2.41. The number of nitrogens with zero attached hydrogens (tertiary/aromatic N) is 6. The smallest absolute Gasteiger partial charge is 0.229 e. The molecule has 0 N–H and O–H groups in total. The fourth-order valence-electron chi connectivity index (χ4n) is 7.86. The van der Waals surface area contributed by atoms with Gasteiger partial charge in [-0.05, 0) is 72.1 Å². The summed E-state index contributed by atoms with van der Waals surface area (Å²) in [5.41, 5.74) is 12.2. The SMILES string of the molecule is c1ccc(-n2c3c(c4ccc(-c5cnc6oc7ncc(-c8ccc9c%10ccccc%10n(-c%10ccccc%10)c9c8)cc7c6c5)cc42)CCN=N3)cc1. The fourth-order valence-corrected chi connectivity index (χ4v) is 7.86. The zero-order chi connectivity index (χ0) is 33.5. The van der Waals surface area contributed by atoms with E-state index in [1.54, 1.807) is 0 Å². The van der Waals surface area contributed by atoms with E-state index in [1.807, 2.05) is 18.5 Å². The van der Waals surface area contributed by atoms with Crippen molar-refractivity contribution in [1.82, 2.24) is 19.1 Å². The van der Waals surface area contributed by atoms with Crippen LogP contribution in [-0.4, -0.2) is 25.6 Å². The van der Waals surface area contributed by atoms with Crippen molar-refractivity contribution in [2.24, 2.45) is 10.2 Å². The third-order valence-corrected chi connectivity index (χ3v) is 10.2. The summed E-state index contributed by atoms with van der Waals surface area (Å²) >= 11 is 0. The van der Waals surface area contributed by atoms with Crippen molar-refractivity contribution < 1.29 is 4.42 Å². The Morgan fingerprint density at radius 1 is 0.471 bits per heavy atom. The quantitative estimate of drug-likeness (QED) is 0.189. The zero-order valence-electron chi connectivity index (χ0n) is 27.4. The van der Waals surface area contributed by atoms with Crippen LogP contribution in [-0.2, 0) is 6.42 Å². The van der Waals surface area contributed by atoms with Crippen LogP contribution in [0.15, 0.2) is 160 Å². The number of azo groups is 1. The average molecular weight is 657 g/mol. The molecule has 0 amide bonds. The van der Waals surface area contributed by atoms with Gasteiger partial charge in [0.1, 0.15) is 0 Å². The van der Waals surface area contributed by atoms with Crippen molar-refractivity contribution in [1.29, 1.82) is 0 Å². The van der Waals surface area contributed by atoms with Crippen molar-refractivity contribution in [2.45, 2.75) is 6.42 Å². The normalized spacial score (nSPS) is 12.9. The lowest BCUT2D eigenvalue weighted by atomic mass is 10.0. The largest absolute Gasteiger partial charge is 0.419 e. The lowest BCUT2D eigenvalue weighted by Gasteiger charge is -2.10. The van der Waals surface area contributed by atoms with Gasteiger partial charge in [0.2, 0.25) is 11.4 Å². The standard InChI is InChI=1S/C44H28N6O/c1-3-9-31(10-4-1)49-39-14-8-7-13-33(39)34-17-15-27(23-40(34)49)29-21-37-38-22-30(26-46-44(38)51-43(37)45-25-29)28-16-18-35-36-19-20-47-48-42(36)50(41(35)24-28)32-11-5-2-6-12-32/h1-18,21-26H,19-20H2. The Hall–Kier alpha value is -6.86. The number of hydrogen-bond donors (Lipinski definition) is 0. The van der Waals surface area contributed by atoms with E-state index in [2.05, 4.69) is 147 Å². The van der Waals surface area contributed by atoms with Crippen molar-refractivity contribution in [3.05, 3.63) is 151 Å². The topological polar surface area (TPSA) is 73.5 Å². The van der Waals surface area contributed by atoms with Gasteiger partial charge in [0.05, 0.1) is 33.9 Å². The van der Waals surface area contributed by atoms with E-state index in [9.17, 15) is 0 Å². The van der Waals surface area contributed by atoms with Gasteiger partial charge in [-0.25, -0.2) is 9.97 Å². The van der Waals surface area contributed by atoms with Crippen LogP contribution in [0, 0.1) is 0 Å². The second kappa shape index (κ2) is 10.8. The highest BCUT2D eigenvalue weighted by atomic mass is 16.3. The van der Waals surface area contributed by atoms with Gasteiger partial charge in [0.15, 0.2) is 5.82 Å². The predicted molar refractivity (Wildman–Crippen MR) is 204 cm³/mol. The molecule has 0 saturated heterocycles. The fraction of sp³-hybridized carbons (Fsp3) is 0.0455. The summed E-state index contributed by atoms with van der Waals surface area (Å²) in [7, 11) is 0. The Labute approximate surface area is 291 Å². The molecule has 7 nitrogen and oxygen atoms in total. The number of furan rings is 1. The van der Waals surface area contributed by atoms with Crippen LogP contribution in [0.5, 0.6) is 0 Å². The highest BCUT2D eigenvalue weighted by Gasteiger charge is 2.22. The molecule has 0 radical (unpaired) electrons. The minimum atomic E-state index is 0.572. The number of aromatic nitrogens is 4. The second-order valence-electron chi connectivity index (χ2n) is 13.1. The summed E-state index contributed by atoms with van der Waals surface area (Å²) in [5.74, 6) is 0.912. The van der Waals surface area contributed by atoms with Crippen LogP contribution in [0.2, 0.25) is 0 Å². The summed E-state index contributed by atoms with van der Waals surface area (Å²) in [6.45, 7) is 0.706. The van der Waals surface area contributed by atoms with Gasteiger partial charge >= 0.3 is 0 Å². The molecule has 240 valence electrons. The van der Waals surface area contributed by atoms with Gasteiger partial charge in [0.25, 0.3) is 0 Å². The second-order valence-corrected chi connectivity index (χ2v) is 13.1. The first-order valence-electron chi connectivity index (χ1n) is 17.2. The maximum atomic E-state index is 6.17. The summed E-state index contributed by atoms with van der Waals surface area (Å²) < 4.78 is 10.7. The Morgan fingerprint density at radius 3 is 1.73 bits per heavy atom. The van der Waals surface area contributed by atoms with Crippen LogP contribution in [0.3, 0.4) is 0 Å². The minimum absolute atomic E-state index is 0.572. The molecule has 5 aromatic carbocycles. The Bertz CT molecular complexity index is 3020. The molecule has 51 heavy (non-hydrogen) atoms. The van der Waals surface area contributed by atoms with E-state index >= 15 is 0 Å². The zero-order valence-corrected chi connectivity index (χ0v) is 27.4. The van der Waals surface area contributed by atoms with Gasteiger partial charge in [-0.3, -0.25) is 4.57 Å². The molecular formula is C44H28N6O. The molecule has 0 saturated carbocycles. The number of para-hydroxylation sites is 3. The Kier molecular flexibility index (Phi) is 5.95. The van der Waals surface area contributed by atoms with Gasteiger partial charge in [-0.15, -0.1) is 5.11 Å². The van der Waals surface area contributed by atoms with Gasteiger partial charge in [0, 0.05) is 56.6 Å².